The number of anilines is 2. The summed E-state index contributed by atoms with van der Waals surface area (Å²) in [6.07, 6.45) is 0. The molecule has 74 valence electrons. The van der Waals surface area contributed by atoms with E-state index in [1.807, 2.05) is 26.0 Å². The molecule has 4 heteroatoms. The molecule has 13 heavy (non-hydrogen) atoms. The number of hydrogen-bond donors (Lipinski definition) is 2. The minimum absolute atomic E-state index is 0.594. The third-order valence-corrected chi connectivity index (χ3v) is 1.37. The van der Waals surface area contributed by atoms with E-state index in [0.717, 1.165) is 5.17 Å². The molecule has 0 aliphatic heterocycles. The minimum atomic E-state index is 0.594. The van der Waals surface area contributed by atoms with Crippen molar-refractivity contribution in [1.29, 1.82) is 0 Å². The molecule has 1 rings (SSSR count). The van der Waals surface area contributed by atoms with Gasteiger partial charge in [-0.25, -0.2) is 5.84 Å². The minimum Gasteiger partial charge on any atom is -0.397 e. The summed E-state index contributed by atoms with van der Waals surface area (Å²) in [5, 5.41) is 1.12. The normalized spacial score (nSPS) is 8.62. The fraction of sp³-hybridized carbons (Fsp3) is 0.333. The third-order valence-electron chi connectivity index (χ3n) is 1.37. The summed E-state index contributed by atoms with van der Waals surface area (Å²) >= 11 is 0. The van der Waals surface area contributed by atoms with Crippen molar-refractivity contribution in [3.8, 4) is 0 Å². The van der Waals surface area contributed by atoms with Crippen molar-refractivity contribution >= 4 is 11.4 Å². The Morgan fingerprint density at radius 3 is 2.23 bits per heavy atom. The molecule has 1 aromatic carbocycles. The van der Waals surface area contributed by atoms with Crippen molar-refractivity contribution in [3.63, 3.8) is 0 Å². The molecular weight excluding hydrogens is 166 g/mol. The molecule has 0 aliphatic carbocycles. The van der Waals surface area contributed by atoms with Gasteiger partial charge in [0.15, 0.2) is 0 Å². The Morgan fingerprint density at radius 1 is 1.23 bits per heavy atom. The SMILES string of the molecule is CC.CON(N)c1ccccc1N. The second-order valence-corrected chi connectivity index (χ2v) is 2.07. The summed E-state index contributed by atoms with van der Waals surface area (Å²) in [7, 11) is 1.48. The van der Waals surface area contributed by atoms with Gasteiger partial charge in [0.1, 0.15) is 5.69 Å². The highest BCUT2D eigenvalue weighted by Crippen LogP contribution is 2.19. The van der Waals surface area contributed by atoms with Crippen LogP contribution < -0.4 is 16.7 Å². The predicted molar refractivity (Wildman–Crippen MR) is 55.9 cm³/mol. The number of nitrogens with two attached hydrogens (primary N) is 2. The van der Waals surface area contributed by atoms with Crippen LogP contribution >= 0.6 is 0 Å². The van der Waals surface area contributed by atoms with Crippen molar-refractivity contribution in [1.82, 2.24) is 0 Å². The van der Waals surface area contributed by atoms with Crippen LogP contribution in [0, 0.1) is 0 Å². The van der Waals surface area contributed by atoms with E-state index in [-0.39, 0.29) is 0 Å². The van der Waals surface area contributed by atoms with Crippen LogP contribution in [0.5, 0.6) is 0 Å². The average molecular weight is 183 g/mol. The lowest BCUT2D eigenvalue weighted by molar-refractivity contribution is 0.168. The van der Waals surface area contributed by atoms with E-state index in [4.69, 9.17) is 16.4 Å². The van der Waals surface area contributed by atoms with Gasteiger partial charge in [0.2, 0.25) is 0 Å². The van der Waals surface area contributed by atoms with Gasteiger partial charge >= 0.3 is 0 Å². The highest BCUT2D eigenvalue weighted by Gasteiger charge is 2.01. The molecule has 0 fully saturated rings. The van der Waals surface area contributed by atoms with Crippen molar-refractivity contribution in [3.05, 3.63) is 24.3 Å². The maximum Gasteiger partial charge on any atom is 0.105 e. The molecule has 0 saturated heterocycles. The molecule has 1 aromatic rings. The predicted octanol–water partition coefficient (Wildman–Crippen LogP) is 1.54. The summed E-state index contributed by atoms with van der Waals surface area (Å²) in [5.41, 5.74) is 6.85. The topological polar surface area (TPSA) is 64.5 Å². The number of benzene rings is 1. The fourth-order valence-corrected chi connectivity index (χ4v) is 0.787. The van der Waals surface area contributed by atoms with E-state index in [2.05, 4.69) is 0 Å². The molecule has 0 amide bonds. The van der Waals surface area contributed by atoms with Gasteiger partial charge in [-0.2, -0.15) is 5.17 Å². The maximum absolute atomic E-state index is 5.60. The smallest absolute Gasteiger partial charge is 0.105 e. The summed E-state index contributed by atoms with van der Waals surface area (Å²) in [6, 6.07) is 7.21. The zero-order chi connectivity index (χ0) is 10.3. The quantitative estimate of drug-likeness (QED) is 0.414. The largest absolute Gasteiger partial charge is 0.397 e. The van der Waals surface area contributed by atoms with E-state index in [1.165, 1.54) is 7.11 Å². The second-order valence-electron chi connectivity index (χ2n) is 2.07. The molecule has 0 spiro atoms. The number of rotatable bonds is 2. The van der Waals surface area contributed by atoms with Crippen LogP contribution in [0.2, 0.25) is 0 Å². The molecule has 0 aromatic heterocycles. The molecule has 0 radical (unpaired) electrons. The summed E-state index contributed by atoms with van der Waals surface area (Å²) in [5.74, 6) is 5.43. The Kier molecular flexibility index (Phi) is 5.67. The summed E-state index contributed by atoms with van der Waals surface area (Å²) < 4.78 is 0. The number of nitrogens with zero attached hydrogens (tertiary/aromatic N) is 1. The zero-order valence-electron chi connectivity index (χ0n) is 8.32. The zero-order valence-corrected chi connectivity index (χ0v) is 8.32. The van der Waals surface area contributed by atoms with Crippen LogP contribution in [0.15, 0.2) is 24.3 Å². The molecule has 0 unspecified atom stereocenters. The van der Waals surface area contributed by atoms with Crippen LogP contribution in [-0.2, 0) is 4.84 Å². The van der Waals surface area contributed by atoms with E-state index in [0.29, 0.717) is 11.4 Å². The average Bonchev–Trinajstić information content (AvgIpc) is 2.20. The summed E-state index contributed by atoms with van der Waals surface area (Å²) in [6.45, 7) is 4.00. The Hall–Kier alpha value is -1.26. The number of hydrazine groups is 1. The van der Waals surface area contributed by atoms with Gasteiger partial charge < -0.3 is 5.73 Å². The molecule has 4 nitrogen and oxygen atoms in total. The standard InChI is InChI=1S/C7H11N3O.C2H6/c1-11-10(9)7-5-3-2-4-6(7)8;1-2/h2-5H,8-9H2,1H3;1-2H3. The lowest BCUT2D eigenvalue weighted by atomic mass is 10.3. The molecule has 0 atom stereocenters. The first-order chi connectivity index (χ1) is 6.25. The van der Waals surface area contributed by atoms with Crippen molar-refractivity contribution in [2.45, 2.75) is 13.8 Å². The second kappa shape index (κ2) is 6.28. The van der Waals surface area contributed by atoms with E-state index < -0.39 is 0 Å². The maximum atomic E-state index is 5.60. The van der Waals surface area contributed by atoms with E-state index in [1.54, 1.807) is 12.1 Å². The number of para-hydroxylation sites is 2. The Bertz CT molecular complexity index is 240. The van der Waals surface area contributed by atoms with Crippen LogP contribution in [0.3, 0.4) is 0 Å². The van der Waals surface area contributed by atoms with E-state index >= 15 is 0 Å². The van der Waals surface area contributed by atoms with Crippen molar-refractivity contribution in [2.75, 3.05) is 18.0 Å². The first-order valence-corrected chi connectivity index (χ1v) is 4.19. The van der Waals surface area contributed by atoms with Gasteiger partial charge in [-0.3, -0.25) is 4.84 Å². The van der Waals surface area contributed by atoms with Gasteiger partial charge in [-0.15, -0.1) is 0 Å². The van der Waals surface area contributed by atoms with Crippen LogP contribution in [-0.4, -0.2) is 7.11 Å². The molecular formula is C9H17N3O. The molecule has 0 bridgehead atoms. The molecule has 4 N–H and O–H groups in total. The van der Waals surface area contributed by atoms with Crippen molar-refractivity contribution < 1.29 is 4.84 Å². The first kappa shape index (κ1) is 11.7. The lowest BCUT2D eigenvalue weighted by Crippen LogP contribution is -2.29. The number of hydrogen-bond acceptors (Lipinski definition) is 4. The fourth-order valence-electron chi connectivity index (χ4n) is 0.787. The van der Waals surface area contributed by atoms with Crippen LogP contribution in [0.1, 0.15) is 13.8 Å². The van der Waals surface area contributed by atoms with Gasteiger partial charge in [-0.05, 0) is 12.1 Å². The molecule has 0 saturated carbocycles. The number of nitrogen functional groups attached to an aromatic ring is 1. The van der Waals surface area contributed by atoms with Crippen LogP contribution in [0.25, 0.3) is 0 Å². The van der Waals surface area contributed by atoms with E-state index in [9.17, 15) is 0 Å². The molecule has 0 heterocycles. The molecule has 0 aliphatic rings. The third kappa shape index (κ3) is 3.31. The van der Waals surface area contributed by atoms with Crippen molar-refractivity contribution in [2.24, 2.45) is 5.84 Å². The highest BCUT2D eigenvalue weighted by molar-refractivity contribution is 5.65. The Morgan fingerprint density at radius 2 is 1.77 bits per heavy atom. The highest BCUT2D eigenvalue weighted by atomic mass is 16.7. The Balaban J connectivity index is 0.000000671. The van der Waals surface area contributed by atoms with Gasteiger partial charge in [-0.1, -0.05) is 26.0 Å². The van der Waals surface area contributed by atoms with Gasteiger partial charge in [0.05, 0.1) is 12.8 Å². The monoisotopic (exact) mass is 183 g/mol. The van der Waals surface area contributed by atoms with Gasteiger partial charge in [0, 0.05) is 0 Å². The first-order valence-electron chi connectivity index (χ1n) is 4.19. The van der Waals surface area contributed by atoms with Crippen LogP contribution in [0.4, 0.5) is 11.4 Å². The van der Waals surface area contributed by atoms with Gasteiger partial charge in [0.25, 0.3) is 0 Å². The Labute approximate surface area is 79.0 Å². The summed E-state index contributed by atoms with van der Waals surface area (Å²) in [4.78, 5) is 4.75. The lowest BCUT2D eigenvalue weighted by Gasteiger charge is -2.16.